The largest absolute Gasteiger partial charge is 0.508 e. The van der Waals surface area contributed by atoms with Gasteiger partial charge in [-0.05, 0) is 30.2 Å². The molecule has 0 aromatic heterocycles. The van der Waals surface area contributed by atoms with E-state index in [4.69, 9.17) is 4.74 Å². The Bertz CT molecular complexity index is 432. The number of hydrogen-bond acceptors (Lipinski definition) is 3. The second kappa shape index (κ2) is 3.77. The Morgan fingerprint density at radius 1 is 1.47 bits per heavy atom. The Hall–Kier alpha value is -1.77. The molecule has 78 valence electrons. The van der Waals surface area contributed by atoms with Crippen molar-refractivity contribution in [3.05, 3.63) is 29.3 Å². The molecule has 0 aliphatic carbocycles. The highest BCUT2D eigenvalue weighted by molar-refractivity contribution is 5.89. The summed E-state index contributed by atoms with van der Waals surface area (Å²) in [5.74, 6) is 0.820. The number of phenolic OH excluding ortho intramolecular Hbond substituents is 1. The van der Waals surface area contributed by atoms with Gasteiger partial charge < -0.3 is 9.84 Å². The summed E-state index contributed by atoms with van der Waals surface area (Å²) in [7, 11) is 0. The number of allylic oxidation sites excluding steroid dienone is 1. The predicted octanol–water partition coefficient (Wildman–Crippen LogP) is 2.15. The number of fused-ring (bicyclic) bond motifs is 1. The third-order valence-electron chi connectivity index (χ3n) is 2.62. The van der Waals surface area contributed by atoms with Crippen LogP contribution in [0, 0.1) is 0 Å². The molecule has 0 spiro atoms. The van der Waals surface area contributed by atoms with Crippen LogP contribution in [0.5, 0.6) is 11.5 Å². The highest BCUT2D eigenvalue weighted by Crippen LogP contribution is 2.33. The molecule has 1 aromatic rings. The highest BCUT2D eigenvalue weighted by atomic mass is 16.5. The first-order chi connectivity index (χ1) is 7.22. The number of rotatable bonds is 1. The van der Waals surface area contributed by atoms with Gasteiger partial charge in [0.1, 0.15) is 17.8 Å². The van der Waals surface area contributed by atoms with E-state index in [1.54, 1.807) is 18.2 Å². The summed E-state index contributed by atoms with van der Waals surface area (Å²) in [6.07, 6.45) is 1.49. The molecular weight excluding hydrogens is 192 g/mol. The van der Waals surface area contributed by atoms with Crippen LogP contribution in [-0.4, -0.2) is 18.0 Å². The number of aldehydes is 1. The summed E-state index contributed by atoms with van der Waals surface area (Å²) in [6, 6.07) is 4.95. The molecular formula is C12H12O3. The second-order valence-corrected chi connectivity index (χ2v) is 3.55. The van der Waals surface area contributed by atoms with Gasteiger partial charge in [0.2, 0.25) is 0 Å². The number of aromatic hydroxyl groups is 1. The maximum Gasteiger partial charge on any atom is 0.146 e. The third-order valence-corrected chi connectivity index (χ3v) is 2.62. The van der Waals surface area contributed by atoms with Crippen molar-refractivity contribution in [1.82, 2.24) is 0 Å². The summed E-state index contributed by atoms with van der Waals surface area (Å²) in [4.78, 5) is 10.8. The Morgan fingerprint density at radius 2 is 2.27 bits per heavy atom. The average molecular weight is 204 g/mol. The van der Waals surface area contributed by atoms with Crippen molar-refractivity contribution < 1.29 is 14.6 Å². The van der Waals surface area contributed by atoms with Gasteiger partial charge in [0.05, 0.1) is 6.61 Å². The first-order valence-corrected chi connectivity index (χ1v) is 4.83. The molecule has 15 heavy (non-hydrogen) atoms. The third kappa shape index (κ3) is 1.73. The smallest absolute Gasteiger partial charge is 0.146 e. The zero-order valence-corrected chi connectivity index (χ0v) is 8.49. The molecule has 1 aliphatic heterocycles. The van der Waals surface area contributed by atoms with Crippen LogP contribution in [0.25, 0.3) is 5.57 Å². The SMILES string of the molecule is CC1=C(C=O)CCOc2cc(O)ccc21. The Labute approximate surface area is 88.0 Å². The maximum absolute atomic E-state index is 10.8. The molecule has 3 heteroatoms. The average Bonchev–Trinajstić information content (AvgIpc) is 2.37. The fourth-order valence-electron chi connectivity index (χ4n) is 1.72. The summed E-state index contributed by atoms with van der Waals surface area (Å²) >= 11 is 0. The van der Waals surface area contributed by atoms with Crippen LogP contribution < -0.4 is 4.74 Å². The molecule has 0 amide bonds. The molecule has 0 radical (unpaired) electrons. The van der Waals surface area contributed by atoms with E-state index in [2.05, 4.69) is 0 Å². The van der Waals surface area contributed by atoms with E-state index in [0.29, 0.717) is 18.8 Å². The summed E-state index contributed by atoms with van der Waals surface area (Å²) in [5.41, 5.74) is 2.57. The molecule has 1 aliphatic rings. The van der Waals surface area contributed by atoms with Gasteiger partial charge in [-0.3, -0.25) is 4.79 Å². The lowest BCUT2D eigenvalue weighted by Crippen LogP contribution is -1.97. The van der Waals surface area contributed by atoms with Gasteiger partial charge in [0, 0.05) is 18.1 Å². The van der Waals surface area contributed by atoms with Crippen LogP contribution in [0.3, 0.4) is 0 Å². The minimum absolute atomic E-state index is 0.177. The Kier molecular flexibility index (Phi) is 2.46. The fourth-order valence-corrected chi connectivity index (χ4v) is 1.72. The van der Waals surface area contributed by atoms with Gasteiger partial charge >= 0.3 is 0 Å². The number of carbonyl (C=O) groups is 1. The maximum atomic E-state index is 10.8. The molecule has 1 aromatic carbocycles. The molecule has 0 bridgehead atoms. The number of ether oxygens (including phenoxy) is 1. The van der Waals surface area contributed by atoms with Crippen LogP contribution in [0.1, 0.15) is 18.9 Å². The lowest BCUT2D eigenvalue weighted by Gasteiger charge is -2.08. The lowest BCUT2D eigenvalue weighted by atomic mass is 10.0. The van der Waals surface area contributed by atoms with Crippen molar-refractivity contribution in [2.24, 2.45) is 0 Å². The molecule has 0 saturated heterocycles. The first-order valence-electron chi connectivity index (χ1n) is 4.83. The van der Waals surface area contributed by atoms with E-state index in [9.17, 15) is 9.90 Å². The first kappa shape index (κ1) is 9.77. The van der Waals surface area contributed by atoms with Crippen molar-refractivity contribution in [1.29, 1.82) is 0 Å². The number of phenols is 1. The van der Waals surface area contributed by atoms with Crippen molar-refractivity contribution in [2.75, 3.05) is 6.61 Å². The molecule has 0 fully saturated rings. The summed E-state index contributed by atoms with van der Waals surface area (Å²) < 4.78 is 5.47. The Morgan fingerprint density at radius 3 is 3.00 bits per heavy atom. The molecule has 0 unspecified atom stereocenters. The standard InChI is InChI=1S/C12H12O3/c1-8-9(7-13)4-5-15-12-6-10(14)2-3-11(8)12/h2-3,6-7,14H,4-5H2,1H3. The topological polar surface area (TPSA) is 46.5 Å². The minimum Gasteiger partial charge on any atom is -0.508 e. The second-order valence-electron chi connectivity index (χ2n) is 3.55. The van der Waals surface area contributed by atoms with Crippen molar-refractivity contribution in [3.63, 3.8) is 0 Å². The van der Waals surface area contributed by atoms with E-state index in [1.807, 2.05) is 6.92 Å². The molecule has 0 atom stereocenters. The zero-order chi connectivity index (χ0) is 10.8. The van der Waals surface area contributed by atoms with E-state index in [0.717, 1.165) is 23.0 Å². The zero-order valence-electron chi connectivity index (χ0n) is 8.49. The van der Waals surface area contributed by atoms with Crippen LogP contribution in [-0.2, 0) is 4.79 Å². The highest BCUT2D eigenvalue weighted by Gasteiger charge is 2.14. The molecule has 2 rings (SSSR count). The van der Waals surface area contributed by atoms with Crippen LogP contribution >= 0.6 is 0 Å². The van der Waals surface area contributed by atoms with Gasteiger partial charge in [-0.1, -0.05) is 0 Å². The summed E-state index contributed by atoms with van der Waals surface area (Å²) in [6.45, 7) is 2.37. The quantitative estimate of drug-likeness (QED) is 0.713. The normalized spacial score (nSPS) is 15.3. The summed E-state index contributed by atoms with van der Waals surface area (Å²) in [5, 5.41) is 9.32. The van der Waals surface area contributed by atoms with Crippen LogP contribution in [0.2, 0.25) is 0 Å². The van der Waals surface area contributed by atoms with Gasteiger partial charge in [-0.2, -0.15) is 0 Å². The van der Waals surface area contributed by atoms with E-state index in [1.165, 1.54) is 0 Å². The van der Waals surface area contributed by atoms with Gasteiger partial charge in [0.15, 0.2) is 0 Å². The molecule has 0 saturated carbocycles. The minimum atomic E-state index is 0.177. The van der Waals surface area contributed by atoms with E-state index < -0.39 is 0 Å². The van der Waals surface area contributed by atoms with Gasteiger partial charge in [-0.15, -0.1) is 0 Å². The number of carbonyl (C=O) groups excluding carboxylic acids is 1. The molecule has 1 N–H and O–H groups in total. The lowest BCUT2D eigenvalue weighted by molar-refractivity contribution is -0.105. The fraction of sp³-hybridized carbons (Fsp3) is 0.250. The number of hydrogen-bond donors (Lipinski definition) is 1. The van der Waals surface area contributed by atoms with E-state index in [-0.39, 0.29) is 5.75 Å². The van der Waals surface area contributed by atoms with Crippen molar-refractivity contribution >= 4 is 11.9 Å². The van der Waals surface area contributed by atoms with Crippen LogP contribution in [0.4, 0.5) is 0 Å². The number of benzene rings is 1. The van der Waals surface area contributed by atoms with Gasteiger partial charge in [-0.25, -0.2) is 0 Å². The van der Waals surface area contributed by atoms with E-state index >= 15 is 0 Å². The van der Waals surface area contributed by atoms with Crippen molar-refractivity contribution in [2.45, 2.75) is 13.3 Å². The monoisotopic (exact) mass is 204 g/mol. The van der Waals surface area contributed by atoms with Crippen molar-refractivity contribution in [3.8, 4) is 11.5 Å². The molecule has 3 nitrogen and oxygen atoms in total. The molecule has 1 heterocycles. The van der Waals surface area contributed by atoms with Crippen LogP contribution in [0.15, 0.2) is 23.8 Å². The van der Waals surface area contributed by atoms with Gasteiger partial charge in [0.25, 0.3) is 0 Å². The Balaban J connectivity index is 2.58. The predicted molar refractivity (Wildman–Crippen MR) is 56.9 cm³/mol.